The predicted octanol–water partition coefficient (Wildman–Crippen LogP) is 1.05. The van der Waals surface area contributed by atoms with E-state index in [2.05, 4.69) is 9.88 Å². The fourth-order valence-corrected chi connectivity index (χ4v) is 3.54. The first-order valence-electron chi connectivity index (χ1n) is 8.28. The third-order valence-electron chi connectivity index (χ3n) is 4.72. The Labute approximate surface area is 139 Å². The van der Waals surface area contributed by atoms with Crippen LogP contribution in [-0.4, -0.2) is 38.4 Å². The van der Waals surface area contributed by atoms with E-state index in [1.807, 2.05) is 40.9 Å². The number of hydrogen-bond acceptors (Lipinski definition) is 6. The summed E-state index contributed by atoms with van der Waals surface area (Å²) in [6, 6.07) is 10.1. The molecule has 1 aliphatic heterocycles. The second kappa shape index (κ2) is 5.70. The highest BCUT2D eigenvalue weighted by molar-refractivity contribution is 5.79. The number of imidazole rings is 1. The number of aliphatic hydroxyl groups is 1. The average molecular weight is 326 g/mol. The lowest BCUT2D eigenvalue weighted by atomic mass is 9.91. The van der Waals surface area contributed by atoms with E-state index in [0.717, 1.165) is 42.8 Å². The summed E-state index contributed by atoms with van der Waals surface area (Å²) in [6.45, 7) is 1.76. The Kier molecular flexibility index (Phi) is 3.64. The fraction of sp³-hybridized carbons (Fsp3) is 0.412. The molecule has 0 aliphatic carbocycles. The molecule has 7 heteroatoms. The lowest BCUT2D eigenvalue weighted by Crippen LogP contribution is -2.51. The largest absolute Gasteiger partial charge is 0.363 e. The lowest BCUT2D eigenvalue weighted by molar-refractivity contribution is 0.0240. The van der Waals surface area contributed by atoms with Gasteiger partial charge in [0.25, 0.3) is 0 Å². The lowest BCUT2D eigenvalue weighted by Gasteiger charge is -2.34. The van der Waals surface area contributed by atoms with E-state index in [1.54, 1.807) is 0 Å². The van der Waals surface area contributed by atoms with Crippen LogP contribution in [0, 0.1) is 5.92 Å². The number of hydrogen-bond donors (Lipinski definition) is 3. The Morgan fingerprint density at radius 2 is 1.88 bits per heavy atom. The quantitative estimate of drug-likeness (QED) is 0.621. The van der Waals surface area contributed by atoms with Gasteiger partial charge in [0.2, 0.25) is 5.78 Å². The first kappa shape index (κ1) is 15.3. The molecule has 0 atom stereocenters. The van der Waals surface area contributed by atoms with Crippen LogP contribution < -0.4 is 16.4 Å². The molecule has 126 valence electrons. The van der Waals surface area contributed by atoms with E-state index in [-0.39, 0.29) is 0 Å². The Balaban J connectivity index is 1.54. The summed E-state index contributed by atoms with van der Waals surface area (Å²) in [5.41, 5.74) is 13.0. The molecule has 2 aromatic heterocycles. The molecular formula is C17H22N6O. The molecule has 3 heterocycles. The van der Waals surface area contributed by atoms with Crippen molar-refractivity contribution < 1.29 is 5.11 Å². The molecule has 0 spiro atoms. The summed E-state index contributed by atoms with van der Waals surface area (Å²) in [4.78, 5) is 11.6. The van der Waals surface area contributed by atoms with Crippen molar-refractivity contribution in [2.75, 3.05) is 18.0 Å². The summed E-state index contributed by atoms with van der Waals surface area (Å²) in [7, 11) is 0. The molecule has 0 saturated carbocycles. The van der Waals surface area contributed by atoms with Gasteiger partial charge in [0.1, 0.15) is 5.82 Å². The van der Waals surface area contributed by atoms with Crippen molar-refractivity contribution >= 4 is 22.6 Å². The zero-order chi connectivity index (χ0) is 16.7. The number of fused-ring (bicyclic) bond motifs is 3. The molecule has 0 unspecified atom stereocenters. The fourth-order valence-electron chi connectivity index (χ4n) is 3.54. The Hall–Kier alpha value is -2.22. The minimum absolute atomic E-state index is 0.346. The molecule has 1 aromatic carbocycles. The van der Waals surface area contributed by atoms with E-state index < -0.39 is 5.85 Å². The minimum Gasteiger partial charge on any atom is -0.363 e. The van der Waals surface area contributed by atoms with Crippen molar-refractivity contribution in [2.24, 2.45) is 17.4 Å². The van der Waals surface area contributed by atoms with Crippen LogP contribution in [0.2, 0.25) is 0 Å². The maximum atomic E-state index is 9.56. The van der Waals surface area contributed by atoms with Gasteiger partial charge in [-0.25, -0.2) is 4.98 Å². The maximum absolute atomic E-state index is 9.56. The van der Waals surface area contributed by atoms with Crippen molar-refractivity contribution in [3.05, 3.63) is 36.5 Å². The Bertz CT molecular complexity index is 860. The summed E-state index contributed by atoms with van der Waals surface area (Å²) < 4.78 is 2.01. The van der Waals surface area contributed by atoms with Gasteiger partial charge in [-0.05, 0) is 37.0 Å². The molecule has 24 heavy (non-hydrogen) atoms. The van der Waals surface area contributed by atoms with Crippen LogP contribution in [0.15, 0.2) is 36.5 Å². The number of nitrogens with two attached hydrogens (primary N) is 2. The summed E-state index contributed by atoms with van der Waals surface area (Å²) in [6.07, 6.45) is 4.34. The molecule has 1 aliphatic rings. The standard InChI is InChI=1S/C17H22N6O/c18-17(19,24)11-12-5-8-22(9-6-12)15-7-10-23-14-4-2-1-3-13(14)20-16(23)21-15/h1-4,7,10,12,24H,5-6,8-9,11,18-19H2. The van der Waals surface area contributed by atoms with Gasteiger partial charge in [0, 0.05) is 25.7 Å². The van der Waals surface area contributed by atoms with Crippen LogP contribution >= 0.6 is 0 Å². The molecule has 1 saturated heterocycles. The molecule has 0 amide bonds. The van der Waals surface area contributed by atoms with Crippen LogP contribution in [0.25, 0.3) is 16.8 Å². The molecule has 3 aromatic rings. The zero-order valence-corrected chi connectivity index (χ0v) is 13.5. The molecule has 0 bridgehead atoms. The van der Waals surface area contributed by atoms with Crippen molar-refractivity contribution in [2.45, 2.75) is 25.1 Å². The SMILES string of the molecule is NC(N)(O)CC1CCN(c2ccn3c(n2)nc2ccccc23)CC1. The van der Waals surface area contributed by atoms with E-state index in [0.29, 0.717) is 18.1 Å². The second-order valence-electron chi connectivity index (χ2n) is 6.68. The highest BCUT2D eigenvalue weighted by Crippen LogP contribution is 2.26. The minimum atomic E-state index is -1.57. The molecule has 5 N–H and O–H groups in total. The van der Waals surface area contributed by atoms with Crippen molar-refractivity contribution in [3.63, 3.8) is 0 Å². The van der Waals surface area contributed by atoms with Gasteiger partial charge in [-0.3, -0.25) is 15.9 Å². The number of benzene rings is 1. The summed E-state index contributed by atoms with van der Waals surface area (Å²) >= 11 is 0. The van der Waals surface area contributed by atoms with Gasteiger partial charge in [-0.1, -0.05) is 12.1 Å². The first-order valence-corrected chi connectivity index (χ1v) is 8.28. The topological polar surface area (TPSA) is 106 Å². The second-order valence-corrected chi connectivity index (χ2v) is 6.68. The van der Waals surface area contributed by atoms with E-state index in [9.17, 15) is 5.11 Å². The number of para-hydroxylation sites is 2. The summed E-state index contributed by atoms with van der Waals surface area (Å²) in [5.74, 6) is 0.431. The molecular weight excluding hydrogens is 304 g/mol. The third kappa shape index (κ3) is 2.93. The molecule has 0 radical (unpaired) electrons. The summed E-state index contributed by atoms with van der Waals surface area (Å²) in [5, 5.41) is 9.56. The highest BCUT2D eigenvalue weighted by Gasteiger charge is 2.26. The highest BCUT2D eigenvalue weighted by atomic mass is 16.3. The van der Waals surface area contributed by atoms with Gasteiger partial charge >= 0.3 is 0 Å². The van der Waals surface area contributed by atoms with Crippen molar-refractivity contribution in [1.82, 2.24) is 14.4 Å². The number of anilines is 1. The van der Waals surface area contributed by atoms with E-state index in [1.165, 1.54) is 0 Å². The van der Waals surface area contributed by atoms with Crippen LogP contribution in [-0.2, 0) is 0 Å². The molecule has 4 rings (SSSR count). The third-order valence-corrected chi connectivity index (χ3v) is 4.72. The molecule has 7 nitrogen and oxygen atoms in total. The van der Waals surface area contributed by atoms with Crippen molar-refractivity contribution in [3.8, 4) is 0 Å². The normalized spacial score (nSPS) is 17.0. The number of rotatable bonds is 3. The Morgan fingerprint density at radius 1 is 1.12 bits per heavy atom. The number of nitrogens with zero attached hydrogens (tertiary/aromatic N) is 4. The zero-order valence-electron chi connectivity index (χ0n) is 13.5. The van der Waals surface area contributed by atoms with Gasteiger partial charge in [0.15, 0.2) is 5.85 Å². The Morgan fingerprint density at radius 3 is 2.62 bits per heavy atom. The van der Waals surface area contributed by atoms with Gasteiger partial charge in [-0.15, -0.1) is 0 Å². The predicted molar refractivity (Wildman–Crippen MR) is 93.4 cm³/mol. The number of piperidine rings is 1. The van der Waals surface area contributed by atoms with E-state index >= 15 is 0 Å². The van der Waals surface area contributed by atoms with E-state index in [4.69, 9.17) is 16.5 Å². The average Bonchev–Trinajstić information content (AvgIpc) is 2.91. The van der Waals surface area contributed by atoms with Gasteiger partial charge < -0.3 is 10.0 Å². The monoisotopic (exact) mass is 326 g/mol. The van der Waals surface area contributed by atoms with Crippen molar-refractivity contribution in [1.29, 1.82) is 0 Å². The van der Waals surface area contributed by atoms with Gasteiger partial charge in [-0.2, -0.15) is 4.98 Å². The van der Waals surface area contributed by atoms with Crippen LogP contribution in [0.1, 0.15) is 19.3 Å². The number of aromatic nitrogens is 3. The molecule has 1 fully saturated rings. The van der Waals surface area contributed by atoms with Crippen LogP contribution in [0.5, 0.6) is 0 Å². The van der Waals surface area contributed by atoms with Gasteiger partial charge in [0.05, 0.1) is 11.0 Å². The smallest absolute Gasteiger partial charge is 0.236 e. The maximum Gasteiger partial charge on any atom is 0.236 e. The first-order chi connectivity index (χ1) is 11.5. The van der Waals surface area contributed by atoms with Crippen LogP contribution in [0.3, 0.4) is 0 Å². The van der Waals surface area contributed by atoms with Crippen LogP contribution in [0.4, 0.5) is 5.82 Å².